The van der Waals surface area contributed by atoms with E-state index in [2.05, 4.69) is 43.9 Å². The van der Waals surface area contributed by atoms with Crippen molar-refractivity contribution in [2.24, 2.45) is 10.8 Å². The lowest BCUT2D eigenvalue weighted by Crippen LogP contribution is -2.59. The summed E-state index contributed by atoms with van der Waals surface area (Å²) < 4.78 is 63.5. The van der Waals surface area contributed by atoms with E-state index in [-0.39, 0.29) is 54.1 Å². The molecule has 2 aromatic heterocycles. The lowest BCUT2D eigenvalue weighted by molar-refractivity contribution is -0.0567. The molecule has 1 spiro atoms. The number of nitrogens with two attached hydrogens (primary N) is 1. The zero-order valence-electron chi connectivity index (χ0n) is 40.0. The fraction of sp³-hybridized carbons (Fsp3) is 0.762. The zero-order chi connectivity index (χ0) is 48.7. The van der Waals surface area contributed by atoms with Crippen LogP contribution in [-0.4, -0.2) is 91.6 Å². The van der Waals surface area contributed by atoms with Crippen LogP contribution in [0.25, 0.3) is 10.4 Å². The highest BCUT2D eigenvalue weighted by atomic mass is 32.2. The second-order valence-corrected chi connectivity index (χ2v) is 31.6. The van der Waals surface area contributed by atoms with Crippen molar-refractivity contribution in [3.8, 4) is 0 Å². The molecule has 65 heavy (non-hydrogen) atoms. The molecule has 20 nitrogen and oxygen atoms in total. The predicted octanol–water partition coefficient (Wildman–Crippen LogP) is 5.16. The van der Waals surface area contributed by atoms with Gasteiger partial charge < -0.3 is 29.2 Å². The lowest BCUT2D eigenvalue weighted by Gasteiger charge is -2.43. The van der Waals surface area contributed by atoms with Crippen LogP contribution < -0.4 is 28.2 Å². The highest BCUT2D eigenvalue weighted by molar-refractivity contribution is 7.90. The topological polar surface area (TPSA) is 263 Å². The van der Waals surface area contributed by atoms with Crippen LogP contribution in [-0.2, 0) is 45.7 Å². The van der Waals surface area contributed by atoms with Gasteiger partial charge in [-0.2, -0.15) is 8.42 Å². The van der Waals surface area contributed by atoms with Crippen molar-refractivity contribution in [2.75, 3.05) is 13.2 Å². The Morgan fingerprint density at radius 1 is 0.862 bits per heavy atom. The Balaban J connectivity index is 1.32. The van der Waals surface area contributed by atoms with Crippen LogP contribution >= 0.6 is 0 Å². The molecule has 2 fully saturated rings. The summed E-state index contributed by atoms with van der Waals surface area (Å²) in [6.45, 7) is 23.5. The molecule has 3 N–H and O–H groups in total. The predicted molar refractivity (Wildman–Crippen MR) is 250 cm³/mol. The van der Waals surface area contributed by atoms with Crippen LogP contribution in [0.1, 0.15) is 110 Å². The molecular weight excluding hydrogens is 897 g/mol. The number of aryl methyl sites for hydroxylation is 2. The first kappa shape index (κ1) is 52.3. The Labute approximate surface area is 382 Å². The summed E-state index contributed by atoms with van der Waals surface area (Å²) in [7, 11) is -9.52. The molecule has 0 amide bonds. The average Bonchev–Trinajstić information content (AvgIpc) is 3.82. The molecular formula is C42H70N8O12SSi2. The van der Waals surface area contributed by atoms with E-state index >= 15 is 0 Å². The van der Waals surface area contributed by atoms with E-state index in [4.69, 9.17) is 33.8 Å². The Morgan fingerprint density at radius 2 is 1.37 bits per heavy atom. The maximum atomic E-state index is 14.5. The zero-order valence-corrected chi connectivity index (χ0v) is 42.8. The van der Waals surface area contributed by atoms with Crippen molar-refractivity contribution in [2.45, 2.75) is 192 Å². The van der Waals surface area contributed by atoms with Gasteiger partial charge in [-0.05, 0) is 68.5 Å². The van der Waals surface area contributed by atoms with Crippen LogP contribution in [0.4, 0.5) is 0 Å². The Bertz CT molecular complexity index is 2520. The molecule has 0 unspecified atom stereocenters. The number of ether oxygens (including phenoxy) is 2. The molecule has 0 aliphatic carbocycles. The lowest BCUT2D eigenvalue weighted by atomic mass is 9.89. The third kappa shape index (κ3) is 10.7. The second-order valence-electron chi connectivity index (χ2n) is 20.7. The van der Waals surface area contributed by atoms with E-state index in [1.807, 2.05) is 33.9 Å². The van der Waals surface area contributed by atoms with Crippen LogP contribution in [0, 0.1) is 13.8 Å². The van der Waals surface area contributed by atoms with Gasteiger partial charge >= 0.3 is 11.4 Å². The first-order chi connectivity index (χ1) is 30.0. The summed E-state index contributed by atoms with van der Waals surface area (Å²) in [6.07, 6.45) is 1.81. The molecule has 5 rings (SSSR count). The number of aromatic nitrogens is 4. The molecule has 0 saturated carbocycles. The summed E-state index contributed by atoms with van der Waals surface area (Å²) in [5.74, 6) is 0. The molecule has 23 heteroatoms. The summed E-state index contributed by atoms with van der Waals surface area (Å²) in [5, 5.41) is 13.7. The molecule has 5 heterocycles. The van der Waals surface area contributed by atoms with Gasteiger partial charge in [0, 0.05) is 47.9 Å². The Morgan fingerprint density at radius 3 is 1.85 bits per heavy atom. The summed E-state index contributed by atoms with van der Waals surface area (Å²) >= 11 is 0. The van der Waals surface area contributed by atoms with E-state index in [1.165, 1.54) is 30.7 Å². The van der Waals surface area contributed by atoms with Gasteiger partial charge in [-0.3, -0.25) is 27.9 Å². The summed E-state index contributed by atoms with van der Waals surface area (Å²) in [6, 6.07) is -0.653. The highest BCUT2D eigenvalue weighted by Gasteiger charge is 2.67. The van der Waals surface area contributed by atoms with Gasteiger partial charge in [0.2, 0.25) is 0 Å². The standard InChI is InChI=1S/C42H70N8O12SSi2/c1-27-22-49(33-21-29(45-46-44)30(24-51)59-33)38(54)47(35(27)52)19-17-15-13-14-16-18-20-48-36(53)28(2)23-50(39(48)55)37-34(61-65(11,12)41(6,7)8)42(31(43)26-63(56,57)62-42)32(60-37)25-58-64(9,10)40(3,4)5/h22-23,26,29-30,32-34,37,51H,13-21,24-25,43H2,1-12H3/t29-,30+,32+,33+,34-,37+,42+/m0/s1. The minimum atomic E-state index is -4.29. The first-order valence-electron chi connectivity index (χ1n) is 22.4. The third-order valence-electron chi connectivity index (χ3n) is 14.0. The van der Waals surface area contributed by atoms with Gasteiger partial charge in [0.25, 0.3) is 21.2 Å². The molecule has 364 valence electrons. The first-order valence-corrected chi connectivity index (χ1v) is 29.7. The minimum absolute atomic E-state index is 0.0939. The molecule has 0 bridgehead atoms. The molecule has 3 aliphatic rings. The molecule has 2 aromatic rings. The van der Waals surface area contributed by atoms with Gasteiger partial charge in [0.1, 0.15) is 18.4 Å². The largest absolute Gasteiger partial charge is 0.414 e. The van der Waals surface area contributed by atoms with E-state index in [0.29, 0.717) is 31.2 Å². The Hall–Kier alpha value is -3.65. The molecule has 7 atom stereocenters. The van der Waals surface area contributed by atoms with Gasteiger partial charge in [0.15, 0.2) is 28.5 Å². The fourth-order valence-electron chi connectivity index (χ4n) is 8.00. The number of unbranched alkanes of at least 4 members (excludes halogenated alkanes) is 5. The number of aliphatic hydroxyl groups excluding tert-OH is 1. The number of hydrogen-bond acceptors (Lipinski definition) is 14. The maximum absolute atomic E-state index is 14.5. The number of nitrogens with zero attached hydrogens (tertiary/aromatic N) is 7. The van der Waals surface area contributed by atoms with Crippen molar-refractivity contribution in [1.29, 1.82) is 0 Å². The summed E-state index contributed by atoms with van der Waals surface area (Å²) in [4.78, 5) is 57.3. The van der Waals surface area contributed by atoms with Crippen molar-refractivity contribution in [1.82, 2.24) is 18.3 Å². The van der Waals surface area contributed by atoms with Gasteiger partial charge in [-0.1, -0.05) is 72.3 Å². The highest BCUT2D eigenvalue weighted by Crippen LogP contribution is 2.52. The third-order valence-corrected chi connectivity index (χ3v) is 24.0. The van der Waals surface area contributed by atoms with E-state index < -0.39 is 91.7 Å². The smallest absolute Gasteiger partial charge is 0.333 e. The summed E-state index contributed by atoms with van der Waals surface area (Å²) in [5.41, 5.74) is 12.1. The van der Waals surface area contributed by atoms with Crippen molar-refractivity contribution in [3.63, 3.8) is 0 Å². The molecule has 3 aliphatic heterocycles. The van der Waals surface area contributed by atoms with Gasteiger partial charge in [0.05, 0.1) is 36.5 Å². The van der Waals surface area contributed by atoms with Crippen LogP contribution in [0.15, 0.2) is 47.8 Å². The fourth-order valence-corrected chi connectivity index (χ4v) is 11.5. The number of azide groups is 1. The van der Waals surface area contributed by atoms with Crippen LogP contribution in [0.3, 0.4) is 0 Å². The number of rotatable bonds is 18. The Kier molecular flexibility index (Phi) is 15.7. The molecule has 0 aromatic carbocycles. The minimum Gasteiger partial charge on any atom is -0.414 e. The van der Waals surface area contributed by atoms with Crippen LogP contribution in [0.2, 0.25) is 36.3 Å². The normalized spacial score (nSPS) is 25.9. The van der Waals surface area contributed by atoms with Crippen molar-refractivity contribution in [3.05, 3.63) is 86.7 Å². The molecule has 2 saturated heterocycles. The number of hydrogen-bond donors (Lipinski definition) is 2. The van der Waals surface area contributed by atoms with E-state index in [9.17, 15) is 32.7 Å². The van der Waals surface area contributed by atoms with E-state index in [1.54, 1.807) is 13.8 Å². The van der Waals surface area contributed by atoms with Crippen LogP contribution in [0.5, 0.6) is 0 Å². The second kappa shape index (κ2) is 19.5. The number of aliphatic hydroxyl groups is 1. The molecule has 0 radical (unpaired) electrons. The maximum Gasteiger partial charge on any atom is 0.333 e. The monoisotopic (exact) mass is 966 g/mol. The van der Waals surface area contributed by atoms with Crippen molar-refractivity contribution < 1.29 is 36.0 Å². The SMILES string of the molecule is Cc1cn([C@@H]2O[C@H](CO[Si](C)(C)C(C)(C)C)[C@@]3(OS(=O)(=O)C=C3N)[C@H]2O[Si](C)(C)C(C)(C)C)c(=O)n(CCCCCCCCn2c(=O)c(C)cn([C@H]3C[C@H](N=[N+]=[N-])[C@@H](CO)O3)c2=O)c1=O. The average molecular weight is 967 g/mol. The van der Waals surface area contributed by atoms with Gasteiger partial charge in [-0.25, -0.2) is 13.8 Å². The van der Waals surface area contributed by atoms with Crippen molar-refractivity contribution >= 4 is 26.8 Å². The quantitative estimate of drug-likeness (QED) is 0.0489. The van der Waals surface area contributed by atoms with Gasteiger partial charge in [-0.15, -0.1) is 0 Å². The van der Waals surface area contributed by atoms with E-state index in [0.717, 1.165) is 18.2 Å².